The number of halogens is 2. The van der Waals surface area contributed by atoms with Crippen molar-refractivity contribution in [3.63, 3.8) is 0 Å². The number of carbonyl (C=O) groups is 1. The Morgan fingerprint density at radius 3 is 2.62 bits per heavy atom. The molecule has 0 aromatic carbocycles. The lowest BCUT2D eigenvalue weighted by Crippen LogP contribution is -2.46. The van der Waals surface area contributed by atoms with Crippen molar-refractivity contribution in [3.05, 3.63) is 11.7 Å². The first-order valence-corrected chi connectivity index (χ1v) is 7.83. The highest BCUT2D eigenvalue weighted by atomic mass is 35.5. The van der Waals surface area contributed by atoms with Gasteiger partial charge in [0.1, 0.15) is 0 Å². The number of aromatic nitrogens is 2. The van der Waals surface area contributed by atoms with E-state index in [-0.39, 0.29) is 42.6 Å². The smallest absolute Gasteiger partial charge is 0.240 e. The molecule has 0 spiro atoms. The molecule has 1 saturated carbocycles. The Labute approximate surface area is 155 Å². The Hall–Kier alpha value is -0.890. The molecule has 1 amide bonds. The molecule has 1 aliphatic carbocycles. The standard InChI is InChI=1S/C15H27N5O2.2ClH/c1-15(2,14-17-12(22-19-14)9-20(3)4)18-13(21)11-7-5-6-10(11)8-16;;/h10-11H,5-9,16H2,1-4H3,(H,18,21);2*1H/t10-,11-;;/m1../s1. The fraction of sp³-hybridized carbons (Fsp3) is 0.800. The number of hydrogen-bond donors (Lipinski definition) is 2. The van der Waals surface area contributed by atoms with E-state index in [0.717, 1.165) is 19.3 Å². The summed E-state index contributed by atoms with van der Waals surface area (Å²) >= 11 is 0. The van der Waals surface area contributed by atoms with Crippen LogP contribution in [0.15, 0.2) is 4.52 Å². The highest BCUT2D eigenvalue weighted by Crippen LogP contribution is 2.32. The largest absolute Gasteiger partial charge is 0.344 e. The van der Waals surface area contributed by atoms with Crippen molar-refractivity contribution in [2.75, 3.05) is 20.6 Å². The van der Waals surface area contributed by atoms with Crippen molar-refractivity contribution >= 4 is 30.7 Å². The van der Waals surface area contributed by atoms with Gasteiger partial charge in [0.25, 0.3) is 0 Å². The number of hydrogen-bond acceptors (Lipinski definition) is 6. The minimum absolute atomic E-state index is 0. The number of nitrogens with one attached hydrogen (secondary N) is 1. The molecule has 1 aromatic rings. The zero-order valence-electron chi connectivity index (χ0n) is 14.7. The van der Waals surface area contributed by atoms with Crippen LogP contribution in [0.1, 0.15) is 44.8 Å². The highest BCUT2D eigenvalue weighted by Gasteiger charge is 2.36. The van der Waals surface area contributed by atoms with Crippen LogP contribution < -0.4 is 11.1 Å². The van der Waals surface area contributed by atoms with Crippen LogP contribution in [0.2, 0.25) is 0 Å². The van der Waals surface area contributed by atoms with Crippen LogP contribution in [0, 0.1) is 11.8 Å². The maximum absolute atomic E-state index is 12.5. The number of amides is 1. The predicted octanol–water partition coefficient (Wildman–Crippen LogP) is 1.70. The molecular weight excluding hydrogens is 353 g/mol. The van der Waals surface area contributed by atoms with Crippen molar-refractivity contribution in [1.29, 1.82) is 0 Å². The molecule has 0 unspecified atom stereocenters. The molecule has 1 fully saturated rings. The first-order valence-electron chi connectivity index (χ1n) is 7.83. The Kier molecular flexibility index (Phi) is 9.20. The molecule has 7 nitrogen and oxygen atoms in total. The van der Waals surface area contributed by atoms with Crippen molar-refractivity contribution in [3.8, 4) is 0 Å². The Balaban J connectivity index is 0.00000264. The summed E-state index contributed by atoms with van der Waals surface area (Å²) in [6.45, 7) is 4.92. The summed E-state index contributed by atoms with van der Waals surface area (Å²) in [7, 11) is 3.87. The topological polar surface area (TPSA) is 97.3 Å². The van der Waals surface area contributed by atoms with Gasteiger partial charge in [-0.1, -0.05) is 11.6 Å². The molecule has 1 heterocycles. The molecule has 140 valence electrons. The number of rotatable bonds is 6. The maximum Gasteiger partial charge on any atom is 0.240 e. The molecule has 24 heavy (non-hydrogen) atoms. The summed E-state index contributed by atoms with van der Waals surface area (Å²) in [5.41, 5.74) is 5.10. The minimum atomic E-state index is -0.660. The van der Waals surface area contributed by atoms with E-state index in [1.807, 2.05) is 32.8 Å². The summed E-state index contributed by atoms with van der Waals surface area (Å²) in [5.74, 6) is 1.36. The fourth-order valence-electron chi connectivity index (χ4n) is 2.96. The molecule has 1 aromatic heterocycles. The molecule has 0 radical (unpaired) electrons. The first-order chi connectivity index (χ1) is 10.3. The zero-order chi connectivity index (χ0) is 16.3. The van der Waals surface area contributed by atoms with E-state index in [2.05, 4.69) is 15.5 Å². The van der Waals surface area contributed by atoms with Gasteiger partial charge in [0.15, 0.2) is 5.82 Å². The molecule has 0 saturated heterocycles. The molecular formula is C15H29Cl2N5O2. The highest BCUT2D eigenvalue weighted by molar-refractivity contribution is 5.85. The summed E-state index contributed by atoms with van der Waals surface area (Å²) in [4.78, 5) is 18.9. The van der Waals surface area contributed by atoms with Crippen molar-refractivity contribution < 1.29 is 9.32 Å². The average Bonchev–Trinajstić information content (AvgIpc) is 3.05. The van der Waals surface area contributed by atoms with Gasteiger partial charge in [-0.05, 0) is 53.2 Å². The van der Waals surface area contributed by atoms with Gasteiger partial charge in [0.05, 0.1) is 12.1 Å². The summed E-state index contributed by atoms with van der Waals surface area (Å²) in [6, 6.07) is 0. The van der Waals surface area contributed by atoms with Gasteiger partial charge in [0.2, 0.25) is 11.8 Å². The van der Waals surface area contributed by atoms with E-state index in [9.17, 15) is 4.79 Å². The quantitative estimate of drug-likeness (QED) is 0.777. The number of carbonyl (C=O) groups excluding carboxylic acids is 1. The van der Waals surface area contributed by atoms with E-state index in [1.54, 1.807) is 0 Å². The molecule has 3 N–H and O–H groups in total. The first kappa shape index (κ1) is 23.1. The van der Waals surface area contributed by atoms with Crippen LogP contribution in [-0.4, -0.2) is 41.6 Å². The lowest BCUT2D eigenvalue weighted by molar-refractivity contribution is -0.127. The molecule has 9 heteroatoms. The van der Waals surface area contributed by atoms with Crippen LogP contribution in [0.25, 0.3) is 0 Å². The SMILES string of the molecule is CN(C)Cc1nc(C(C)(C)NC(=O)[C@@H]2CCC[C@@H]2CN)no1.Cl.Cl. The maximum atomic E-state index is 12.5. The van der Waals surface area contributed by atoms with E-state index in [1.165, 1.54) is 0 Å². The number of nitrogens with zero attached hydrogens (tertiary/aromatic N) is 3. The van der Waals surface area contributed by atoms with E-state index in [4.69, 9.17) is 10.3 Å². The van der Waals surface area contributed by atoms with Crippen molar-refractivity contribution in [1.82, 2.24) is 20.4 Å². The summed E-state index contributed by atoms with van der Waals surface area (Å²) < 4.78 is 5.24. The van der Waals surface area contributed by atoms with Gasteiger partial charge in [-0.2, -0.15) is 4.98 Å². The molecule has 1 aliphatic rings. The Bertz CT molecular complexity index is 522. The number of nitrogens with two attached hydrogens (primary N) is 1. The van der Waals surface area contributed by atoms with Crippen molar-refractivity contribution in [2.24, 2.45) is 17.6 Å². The lowest BCUT2D eigenvalue weighted by Gasteiger charge is -2.26. The van der Waals surface area contributed by atoms with Crippen LogP contribution in [0.3, 0.4) is 0 Å². The van der Waals surface area contributed by atoms with Gasteiger partial charge in [-0.3, -0.25) is 4.79 Å². The third-order valence-corrected chi connectivity index (χ3v) is 4.21. The van der Waals surface area contributed by atoms with Gasteiger partial charge >= 0.3 is 0 Å². The molecule has 0 aliphatic heterocycles. The average molecular weight is 382 g/mol. The Morgan fingerprint density at radius 1 is 1.38 bits per heavy atom. The van der Waals surface area contributed by atoms with Gasteiger partial charge < -0.3 is 20.5 Å². The minimum Gasteiger partial charge on any atom is -0.344 e. The van der Waals surface area contributed by atoms with E-state index >= 15 is 0 Å². The predicted molar refractivity (Wildman–Crippen MR) is 97.2 cm³/mol. The van der Waals surface area contributed by atoms with Crippen LogP contribution >= 0.6 is 24.8 Å². The van der Waals surface area contributed by atoms with E-state index in [0.29, 0.717) is 24.8 Å². The summed E-state index contributed by atoms with van der Waals surface area (Å²) in [6.07, 6.45) is 3.00. The molecule has 0 bridgehead atoms. The lowest BCUT2D eigenvalue weighted by atomic mass is 9.93. The third-order valence-electron chi connectivity index (χ3n) is 4.21. The summed E-state index contributed by atoms with van der Waals surface area (Å²) in [5, 5.41) is 7.06. The van der Waals surface area contributed by atoms with Crippen LogP contribution in [-0.2, 0) is 16.9 Å². The van der Waals surface area contributed by atoms with Gasteiger partial charge in [-0.15, -0.1) is 24.8 Å². The second kappa shape index (κ2) is 9.56. The van der Waals surface area contributed by atoms with Crippen LogP contribution in [0.5, 0.6) is 0 Å². The van der Waals surface area contributed by atoms with Gasteiger partial charge in [0, 0.05) is 5.92 Å². The molecule has 2 atom stereocenters. The zero-order valence-corrected chi connectivity index (χ0v) is 16.4. The molecule has 2 rings (SSSR count). The van der Waals surface area contributed by atoms with Crippen molar-refractivity contribution in [2.45, 2.75) is 45.2 Å². The monoisotopic (exact) mass is 381 g/mol. The normalized spacial score (nSPS) is 20.4. The van der Waals surface area contributed by atoms with Crippen LogP contribution in [0.4, 0.5) is 0 Å². The van der Waals surface area contributed by atoms with Gasteiger partial charge in [-0.25, -0.2) is 0 Å². The van der Waals surface area contributed by atoms with E-state index < -0.39 is 5.54 Å². The third kappa shape index (κ3) is 5.58. The second-order valence-corrected chi connectivity index (χ2v) is 6.90. The fourth-order valence-corrected chi connectivity index (χ4v) is 2.96. The second-order valence-electron chi connectivity index (χ2n) is 6.90. The Morgan fingerprint density at radius 2 is 2.04 bits per heavy atom.